The zero-order valence-corrected chi connectivity index (χ0v) is 9.00. The van der Waals surface area contributed by atoms with Crippen LogP contribution < -0.4 is 0 Å². The van der Waals surface area contributed by atoms with Gasteiger partial charge < -0.3 is 4.74 Å². The molecule has 0 aromatic heterocycles. The van der Waals surface area contributed by atoms with E-state index in [9.17, 15) is 9.59 Å². The predicted octanol–water partition coefficient (Wildman–Crippen LogP) is 1.73. The minimum absolute atomic E-state index is 0.249. The Labute approximate surface area is 84.4 Å². The summed E-state index contributed by atoms with van der Waals surface area (Å²) in [5.41, 5.74) is -0.461. The summed E-state index contributed by atoms with van der Waals surface area (Å²) in [5.74, 6) is -0.567. The zero-order chi connectivity index (χ0) is 11.2. The van der Waals surface area contributed by atoms with Crippen molar-refractivity contribution in [1.82, 2.24) is 0 Å². The Morgan fingerprint density at radius 3 is 2.29 bits per heavy atom. The first-order valence-corrected chi connectivity index (χ1v) is 4.56. The van der Waals surface area contributed by atoms with E-state index < -0.39 is 5.60 Å². The maximum absolute atomic E-state index is 11.1. The minimum atomic E-state index is -0.461. The molecule has 80 valence electrons. The monoisotopic (exact) mass is 199 g/mol. The lowest BCUT2D eigenvalue weighted by atomic mass is 10.2. The standard InChI is InChI=1S/C10H17NO3/c1-10(2,3)14-9(13)7-5-6-8(12)11-4/h4-7H2,1-3H3. The van der Waals surface area contributed by atoms with Gasteiger partial charge in [-0.05, 0) is 33.9 Å². The topological polar surface area (TPSA) is 55.7 Å². The highest BCUT2D eigenvalue weighted by atomic mass is 16.6. The molecular weight excluding hydrogens is 182 g/mol. The Hall–Kier alpha value is -1.19. The van der Waals surface area contributed by atoms with Crippen molar-refractivity contribution < 1.29 is 14.3 Å². The van der Waals surface area contributed by atoms with Crippen LogP contribution in [0.25, 0.3) is 0 Å². The van der Waals surface area contributed by atoms with E-state index in [1.54, 1.807) is 20.8 Å². The third-order valence-electron chi connectivity index (χ3n) is 1.37. The number of amides is 1. The number of hydrogen-bond donors (Lipinski definition) is 0. The highest BCUT2D eigenvalue weighted by molar-refractivity contribution is 5.81. The van der Waals surface area contributed by atoms with Crippen molar-refractivity contribution in [3.8, 4) is 0 Å². The fraction of sp³-hybridized carbons (Fsp3) is 0.700. The van der Waals surface area contributed by atoms with Crippen molar-refractivity contribution in [2.24, 2.45) is 4.99 Å². The van der Waals surface area contributed by atoms with E-state index >= 15 is 0 Å². The first kappa shape index (κ1) is 12.8. The van der Waals surface area contributed by atoms with E-state index in [0.29, 0.717) is 6.42 Å². The average molecular weight is 199 g/mol. The highest BCUT2D eigenvalue weighted by Crippen LogP contribution is 2.09. The van der Waals surface area contributed by atoms with E-state index in [1.807, 2.05) is 0 Å². The molecule has 0 radical (unpaired) electrons. The molecule has 0 heterocycles. The quantitative estimate of drug-likeness (QED) is 0.511. The van der Waals surface area contributed by atoms with Crippen LogP contribution in [0, 0.1) is 0 Å². The van der Waals surface area contributed by atoms with Crippen LogP contribution in [0.15, 0.2) is 4.99 Å². The zero-order valence-electron chi connectivity index (χ0n) is 9.00. The third-order valence-corrected chi connectivity index (χ3v) is 1.37. The van der Waals surface area contributed by atoms with Crippen molar-refractivity contribution in [1.29, 1.82) is 0 Å². The van der Waals surface area contributed by atoms with Crippen molar-refractivity contribution in [2.75, 3.05) is 0 Å². The van der Waals surface area contributed by atoms with Gasteiger partial charge in [-0.25, -0.2) is 4.99 Å². The van der Waals surface area contributed by atoms with Crippen LogP contribution in [0.5, 0.6) is 0 Å². The van der Waals surface area contributed by atoms with Gasteiger partial charge in [0.05, 0.1) is 0 Å². The largest absolute Gasteiger partial charge is 0.460 e. The van der Waals surface area contributed by atoms with Crippen LogP contribution in [0.2, 0.25) is 0 Å². The van der Waals surface area contributed by atoms with Gasteiger partial charge in [0.25, 0.3) is 0 Å². The Morgan fingerprint density at radius 2 is 1.86 bits per heavy atom. The van der Waals surface area contributed by atoms with Gasteiger partial charge in [-0.2, -0.15) is 0 Å². The molecular formula is C10H17NO3. The average Bonchev–Trinajstić information content (AvgIpc) is 2.00. The lowest BCUT2D eigenvalue weighted by molar-refractivity contribution is -0.154. The lowest BCUT2D eigenvalue weighted by Gasteiger charge is -2.19. The molecule has 0 fully saturated rings. The van der Waals surface area contributed by atoms with Crippen molar-refractivity contribution >= 4 is 18.6 Å². The predicted molar refractivity (Wildman–Crippen MR) is 54.3 cm³/mol. The number of carbonyl (C=O) groups is 2. The van der Waals surface area contributed by atoms with Gasteiger partial charge in [0.1, 0.15) is 5.60 Å². The van der Waals surface area contributed by atoms with Gasteiger partial charge >= 0.3 is 5.97 Å². The van der Waals surface area contributed by atoms with Crippen LogP contribution in [0.1, 0.15) is 40.0 Å². The number of carbonyl (C=O) groups excluding carboxylic acids is 2. The second-order valence-electron chi connectivity index (χ2n) is 3.99. The molecule has 0 N–H and O–H groups in total. The maximum atomic E-state index is 11.1. The fourth-order valence-electron chi connectivity index (χ4n) is 0.856. The first-order chi connectivity index (χ1) is 6.35. The molecule has 1 amide bonds. The van der Waals surface area contributed by atoms with Crippen molar-refractivity contribution in [3.63, 3.8) is 0 Å². The van der Waals surface area contributed by atoms with Gasteiger partial charge in [0.2, 0.25) is 5.91 Å². The summed E-state index contributed by atoms with van der Waals surface area (Å²) in [6.07, 6.45) is 0.966. The van der Waals surface area contributed by atoms with E-state index in [4.69, 9.17) is 4.74 Å². The Morgan fingerprint density at radius 1 is 1.29 bits per heavy atom. The summed E-state index contributed by atoms with van der Waals surface area (Å²) in [6, 6.07) is 0. The van der Waals surface area contributed by atoms with E-state index in [-0.39, 0.29) is 24.7 Å². The minimum Gasteiger partial charge on any atom is -0.460 e. The Bertz CT molecular complexity index is 228. The summed E-state index contributed by atoms with van der Waals surface area (Å²) in [7, 11) is 0. The van der Waals surface area contributed by atoms with Crippen LogP contribution in [0.4, 0.5) is 0 Å². The molecule has 0 aliphatic rings. The molecule has 0 aliphatic heterocycles. The van der Waals surface area contributed by atoms with Gasteiger partial charge in [-0.15, -0.1) is 0 Å². The van der Waals surface area contributed by atoms with Crippen LogP contribution >= 0.6 is 0 Å². The Balaban J connectivity index is 3.65. The van der Waals surface area contributed by atoms with Crippen LogP contribution in [-0.2, 0) is 14.3 Å². The summed E-state index contributed by atoms with van der Waals surface area (Å²) in [6.45, 7) is 8.52. The third kappa shape index (κ3) is 7.46. The molecule has 0 saturated carbocycles. The molecule has 0 atom stereocenters. The molecule has 0 aromatic carbocycles. The second kappa shape index (κ2) is 5.52. The summed E-state index contributed by atoms with van der Waals surface area (Å²) < 4.78 is 5.06. The van der Waals surface area contributed by atoms with E-state index in [2.05, 4.69) is 11.7 Å². The Kier molecular flexibility index (Phi) is 5.05. The molecule has 4 nitrogen and oxygen atoms in total. The van der Waals surface area contributed by atoms with E-state index in [1.165, 1.54) is 0 Å². The van der Waals surface area contributed by atoms with Gasteiger partial charge in [0.15, 0.2) is 0 Å². The fourth-order valence-corrected chi connectivity index (χ4v) is 0.856. The summed E-state index contributed by atoms with van der Waals surface area (Å²) in [5, 5.41) is 0. The molecule has 14 heavy (non-hydrogen) atoms. The number of hydrogen-bond acceptors (Lipinski definition) is 3. The maximum Gasteiger partial charge on any atom is 0.306 e. The van der Waals surface area contributed by atoms with Crippen LogP contribution in [0.3, 0.4) is 0 Å². The number of ether oxygens (including phenoxy) is 1. The SMILES string of the molecule is C=NC(=O)CCCC(=O)OC(C)(C)C. The van der Waals surface area contributed by atoms with Gasteiger partial charge in [-0.1, -0.05) is 0 Å². The number of esters is 1. The number of nitrogens with zero attached hydrogens (tertiary/aromatic N) is 1. The number of rotatable bonds is 4. The normalized spacial score (nSPS) is 10.8. The summed E-state index contributed by atoms with van der Waals surface area (Å²) in [4.78, 5) is 25.1. The first-order valence-electron chi connectivity index (χ1n) is 4.56. The smallest absolute Gasteiger partial charge is 0.306 e. The van der Waals surface area contributed by atoms with Gasteiger partial charge in [0, 0.05) is 12.8 Å². The molecule has 0 aliphatic carbocycles. The molecule has 0 aromatic rings. The van der Waals surface area contributed by atoms with E-state index in [0.717, 1.165) is 0 Å². The molecule has 4 heteroatoms. The molecule has 0 bridgehead atoms. The van der Waals surface area contributed by atoms with Crippen LogP contribution in [-0.4, -0.2) is 24.2 Å². The second-order valence-corrected chi connectivity index (χ2v) is 3.99. The molecule has 0 saturated heterocycles. The molecule has 0 unspecified atom stereocenters. The van der Waals surface area contributed by atoms with Crippen molar-refractivity contribution in [3.05, 3.63) is 0 Å². The lowest BCUT2D eigenvalue weighted by Crippen LogP contribution is -2.23. The highest BCUT2D eigenvalue weighted by Gasteiger charge is 2.15. The van der Waals surface area contributed by atoms with Crippen molar-refractivity contribution in [2.45, 2.75) is 45.6 Å². The number of aliphatic imine (C=N–C) groups is 1. The molecule has 0 rings (SSSR count). The van der Waals surface area contributed by atoms with Gasteiger partial charge in [-0.3, -0.25) is 9.59 Å². The molecule has 0 spiro atoms. The summed E-state index contributed by atoms with van der Waals surface area (Å²) >= 11 is 0.